The number of esters is 1. The normalized spacial score (nSPS) is 20.5. The van der Waals surface area contributed by atoms with Crippen LogP contribution < -0.4 is 0 Å². The van der Waals surface area contributed by atoms with E-state index in [0.717, 1.165) is 96.3 Å². The van der Waals surface area contributed by atoms with Crippen molar-refractivity contribution in [3.05, 3.63) is 60.8 Å². The van der Waals surface area contributed by atoms with Crippen LogP contribution in [0, 0.1) is 0 Å². The second kappa shape index (κ2) is 40.3. The van der Waals surface area contributed by atoms with Gasteiger partial charge in [0.25, 0.3) is 0 Å². The summed E-state index contributed by atoms with van der Waals surface area (Å²) in [5.41, 5.74) is 0. The molecule has 4 N–H and O–H groups in total. The fourth-order valence-corrected chi connectivity index (χ4v) is 7.52. The molecule has 1 saturated heterocycles. The molecule has 13 heteroatoms. The van der Waals surface area contributed by atoms with E-state index in [0.29, 0.717) is 13.0 Å². The maximum Gasteiger partial charge on any atom is 0.397 e. The van der Waals surface area contributed by atoms with Gasteiger partial charge in [0.1, 0.15) is 30.5 Å². The van der Waals surface area contributed by atoms with E-state index in [2.05, 4.69) is 78.8 Å². The standard InChI is InChI=1S/C49H86O12S/c1-3-5-7-9-11-13-15-17-19-20-21-22-23-25-27-29-31-33-35-37-39-57-41-43(42-58-49-47(53)48(61-62(54,55)56)46(52)44(40-50)60-49)59-45(51)38-36-34-32-30-28-26-24-18-16-14-12-10-8-6-4-2/h5,7,11,13,17-19,21-22,24,43-44,46-50,52-53H,3-4,6,8-10,12,14-16,20,23,25-42H2,1-2H3,(H,54,55,56)/b7-5-,13-11-,19-17-,22-21-,24-18-. The second-order valence-corrected chi connectivity index (χ2v) is 17.4. The van der Waals surface area contributed by atoms with E-state index in [-0.39, 0.29) is 19.6 Å². The van der Waals surface area contributed by atoms with Crippen molar-refractivity contribution in [2.24, 2.45) is 0 Å². The molecule has 0 bridgehead atoms. The number of aliphatic hydroxyl groups excluding tert-OH is 3. The van der Waals surface area contributed by atoms with E-state index in [4.69, 9.17) is 18.9 Å². The number of carbonyl (C=O) groups excluding carboxylic acids is 1. The summed E-state index contributed by atoms with van der Waals surface area (Å²) >= 11 is 0. The SMILES string of the molecule is CC/C=C\C/C=C\C/C=C\C/C=C\CCCCCCCCCOCC(COC1OC(CO)C(O)C(OS(=O)(=O)O)C1O)OC(=O)CCCCCCC/C=C\CCCCCCCC. The highest BCUT2D eigenvalue weighted by molar-refractivity contribution is 7.80. The predicted octanol–water partition coefficient (Wildman–Crippen LogP) is 10.5. The number of ether oxygens (including phenoxy) is 4. The van der Waals surface area contributed by atoms with E-state index in [1.807, 2.05) is 0 Å². The van der Waals surface area contributed by atoms with Gasteiger partial charge in [0.2, 0.25) is 0 Å². The van der Waals surface area contributed by atoms with Crippen LogP contribution in [-0.2, 0) is 38.3 Å². The Morgan fingerprint density at radius 3 is 1.65 bits per heavy atom. The van der Waals surface area contributed by atoms with E-state index < -0.39 is 59.8 Å². The van der Waals surface area contributed by atoms with Crippen molar-refractivity contribution in [3.63, 3.8) is 0 Å². The molecule has 62 heavy (non-hydrogen) atoms. The van der Waals surface area contributed by atoms with Gasteiger partial charge in [-0.25, -0.2) is 4.18 Å². The first-order chi connectivity index (χ1) is 30.1. The molecule has 0 spiro atoms. The van der Waals surface area contributed by atoms with Crippen LogP contribution in [0.2, 0.25) is 0 Å². The number of carbonyl (C=O) groups is 1. The summed E-state index contributed by atoms with van der Waals surface area (Å²) < 4.78 is 59.1. The molecule has 1 fully saturated rings. The van der Waals surface area contributed by atoms with Gasteiger partial charge >= 0.3 is 16.4 Å². The van der Waals surface area contributed by atoms with Gasteiger partial charge in [-0.3, -0.25) is 9.35 Å². The van der Waals surface area contributed by atoms with E-state index >= 15 is 0 Å². The second-order valence-electron chi connectivity index (χ2n) is 16.3. The third-order valence-corrected chi connectivity index (χ3v) is 11.1. The van der Waals surface area contributed by atoms with Gasteiger partial charge in [-0.2, -0.15) is 8.42 Å². The molecule has 0 aromatic carbocycles. The van der Waals surface area contributed by atoms with Gasteiger partial charge in [-0.1, -0.05) is 158 Å². The lowest BCUT2D eigenvalue weighted by molar-refractivity contribution is -0.301. The van der Waals surface area contributed by atoms with Gasteiger partial charge in [0, 0.05) is 13.0 Å². The fraction of sp³-hybridized carbons (Fsp3) is 0.776. The van der Waals surface area contributed by atoms with E-state index in [1.54, 1.807) is 0 Å². The van der Waals surface area contributed by atoms with E-state index in [1.165, 1.54) is 57.8 Å². The summed E-state index contributed by atoms with van der Waals surface area (Å²) in [7, 11) is -5.07. The largest absolute Gasteiger partial charge is 0.457 e. The van der Waals surface area contributed by atoms with Gasteiger partial charge < -0.3 is 34.3 Å². The van der Waals surface area contributed by atoms with Crippen LogP contribution in [0.25, 0.3) is 0 Å². The molecule has 1 aliphatic heterocycles. The molecule has 0 aromatic rings. The number of hydrogen-bond acceptors (Lipinski definition) is 11. The van der Waals surface area contributed by atoms with Crippen LogP contribution in [0.3, 0.4) is 0 Å². The number of rotatable bonds is 41. The first-order valence-corrected chi connectivity index (χ1v) is 25.4. The maximum absolute atomic E-state index is 12.9. The van der Waals surface area contributed by atoms with Crippen LogP contribution in [0.5, 0.6) is 0 Å². The zero-order valence-corrected chi connectivity index (χ0v) is 39.2. The van der Waals surface area contributed by atoms with E-state index in [9.17, 15) is 33.1 Å². The van der Waals surface area contributed by atoms with Gasteiger partial charge in [-0.15, -0.1) is 0 Å². The van der Waals surface area contributed by atoms with Crippen LogP contribution in [0.4, 0.5) is 0 Å². The molecule has 360 valence electrons. The molecule has 1 heterocycles. The Morgan fingerprint density at radius 1 is 0.629 bits per heavy atom. The highest BCUT2D eigenvalue weighted by Gasteiger charge is 2.48. The molecule has 0 amide bonds. The van der Waals surface area contributed by atoms with Crippen molar-refractivity contribution in [3.8, 4) is 0 Å². The zero-order chi connectivity index (χ0) is 45.4. The topological polar surface area (TPSA) is 178 Å². The van der Waals surface area contributed by atoms with Crippen molar-refractivity contribution in [2.75, 3.05) is 26.4 Å². The number of allylic oxidation sites excluding steroid dienone is 10. The molecule has 6 atom stereocenters. The molecule has 0 saturated carbocycles. The minimum Gasteiger partial charge on any atom is -0.457 e. The number of hydrogen-bond donors (Lipinski definition) is 4. The van der Waals surface area contributed by atoms with Crippen molar-refractivity contribution in [1.82, 2.24) is 0 Å². The summed E-state index contributed by atoms with van der Waals surface area (Å²) in [6.07, 6.45) is 41.0. The summed E-state index contributed by atoms with van der Waals surface area (Å²) in [5.74, 6) is -0.414. The summed E-state index contributed by atoms with van der Waals surface area (Å²) in [6, 6.07) is 0. The maximum atomic E-state index is 12.9. The lowest BCUT2D eigenvalue weighted by Crippen LogP contribution is -2.60. The quantitative estimate of drug-likeness (QED) is 0.0198. The predicted molar refractivity (Wildman–Crippen MR) is 248 cm³/mol. The van der Waals surface area contributed by atoms with Gasteiger partial charge in [0.15, 0.2) is 6.29 Å². The molecular formula is C49H86O12S. The molecule has 6 unspecified atom stereocenters. The van der Waals surface area contributed by atoms with Crippen molar-refractivity contribution < 1.29 is 56.2 Å². The molecule has 1 aliphatic rings. The third-order valence-electron chi connectivity index (χ3n) is 10.6. The van der Waals surface area contributed by atoms with Crippen LogP contribution in [-0.4, -0.2) is 97.5 Å². The molecular weight excluding hydrogens is 813 g/mol. The van der Waals surface area contributed by atoms with Gasteiger partial charge in [0.05, 0.1) is 19.8 Å². The minimum absolute atomic E-state index is 0.0230. The van der Waals surface area contributed by atoms with Crippen LogP contribution in [0.1, 0.15) is 181 Å². The lowest BCUT2D eigenvalue weighted by atomic mass is 9.99. The Bertz CT molecular complexity index is 1310. The average Bonchev–Trinajstić information content (AvgIpc) is 3.24. The molecule has 0 radical (unpaired) electrons. The monoisotopic (exact) mass is 899 g/mol. The zero-order valence-electron chi connectivity index (χ0n) is 38.4. The molecule has 1 rings (SSSR count). The summed E-state index contributed by atoms with van der Waals surface area (Å²) in [6.45, 7) is 3.83. The Hall–Kier alpha value is -2.20. The Kier molecular flexibility index (Phi) is 37.6. The lowest BCUT2D eigenvalue weighted by Gasteiger charge is -2.41. The third kappa shape index (κ3) is 33.3. The molecule has 0 aliphatic carbocycles. The average molecular weight is 899 g/mol. The van der Waals surface area contributed by atoms with Crippen LogP contribution in [0.15, 0.2) is 60.8 Å². The molecule has 0 aromatic heterocycles. The molecule has 12 nitrogen and oxygen atoms in total. The van der Waals surface area contributed by atoms with Crippen molar-refractivity contribution in [1.29, 1.82) is 0 Å². The number of unbranched alkanes of at least 4 members (excludes halogenated alkanes) is 18. The highest BCUT2D eigenvalue weighted by Crippen LogP contribution is 2.26. The number of aliphatic hydroxyl groups is 3. The first-order valence-electron chi connectivity index (χ1n) is 24.0. The Balaban J connectivity index is 2.41. The highest BCUT2D eigenvalue weighted by atomic mass is 32.3. The Morgan fingerprint density at radius 2 is 1.11 bits per heavy atom. The van der Waals surface area contributed by atoms with Crippen molar-refractivity contribution >= 4 is 16.4 Å². The van der Waals surface area contributed by atoms with Gasteiger partial charge in [-0.05, 0) is 77.0 Å². The minimum atomic E-state index is -5.07. The summed E-state index contributed by atoms with van der Waals surface area (Å²) in [5, 5.41) is 30.7. The summed E-state index contributed by atoms with van der Waals surface area (Å²) in [4.78, 5) is 12.9. The van der Waals surface area contributed by atoms with Crippen molar-refractivity contribution in [2.45, 2.75) is 218 Å². The first kappa shape index (κ1) is 57.8. The Labute approximate surface area is 376 Å². The van der Waals surface area contributed by atoms with Crippen LogP contribution >= 0.6 is 0 Å². The fourth-order valence-electron chi connectivity index (χ4n) is 7.01. The smallest absolute Gasteiger partial charge is 0.397 e.